The van der Waals surface area contributed by atoms with Gasteiger partial charge >= 0.3 is 0 Å². The van der Waals surface area contributed by atoms with Gasteiger partial charge in [0.15, 0.2) is 9.84 Å². The Balaban J connectivity index is 1.94. The van der Waals surface area contributed by atoms with Crippen LogP contribution >= 0.6 is 0 Å². The highest BCUT2D eigenvalue weighted by Crippen LogP contribution is 2.08. The quantitative estimate of drug-likeness (QED) is 0.868. The monoisotopic (exact) mass is 321 g/mol. The number of imidazole rings is 1. The maximum atomic E-state index is 12.1. The second-order valence-corrected chi connectivity index (χ2v) is 7.54. The Morgan fingerprint density at radius 3 is 2.55 bits per heavy atom. The van der Waals surface area contributed by atoms with Gasteiger partial charge in [0.1, 0.15) is 0 Å². The molecule has 0 aliphatic rings. The van der Waals surface area contributed by atoms with Gasteiger partial charge in [0.25, 0.3) is 5.91 Å². The Labute approximate surface area is 130 Å². The second kappa shape index (κ2) is 6.74. The van der Waals surface area contributed by atoms with Crippen molar-refractivity contribution < 1.29 is 13.2 Å². The summed E-state index contributed by atoms with van der Waals surface area (Å²) in [6.45, 7) is 2.55. The van der Waals surface area contributed by atoms with Crippen LogP contribution in [0.2, 0.25) is 0 Å². The lowest BCUT2D eigenvalue weighted by molar-refractivity contribution is 0.0936. The highest BCUT2D eigenvalue weighted by Gasteiger charge is 2.11. The molecule has 0 saturated carbocycles. The van der Waals surface area contributed by atoms with Crippen molar-refractivity contribution in [2.24, 2.45) is 0 Å². The summed E-state index contributed by atoms with van der Waals surface area (Å²) in [6.07, 6.45) is 6.41. The molecule has 1 aromatic heterocycles. The fourth-order valence-electron chi connectivity index (χ4n) is 2.12. The topological polar surface area (TPSA) is 81.1 Å². The number of hydrogen-bond donors (Lipinski definition) is 1. The molecule has 0 fully saturated rings. The van der Waals surface area contributed by atoms with Gasteiger partial charge in [-0.2, -0.15) is 0 Å². The van der Waals surface area contributed by atoms with E-state index < -0.39 is 9.84 Å². The predicted molar refractivity (Wildman–Crippen MR) is 84.1 cm³/mol. The number of nitrogens with zero attached hydrogens (tertiary/aromatic N) is 2. The number of nitrogens with one attached hydrogen (secondary N) is 1. The summed E-state index contributed by atoms with van der Waals surface area (Å²) in [5, 5.41) is 2.90. The van der Waals surface area contributed by atoms with Crippen LogP contribution in [0.3, 0.4) is 0 Å². The Morgan fingerprint density at radius 1 is 1.32 bits per heavy atom. The van der Waals surface area contributed by atoms with Crippen LogP contribution in [0, 0.1) is 0 Å². The molecule has 6 nitrogen and oxygen atoms in total. The van der Waals surface area contributed by atoms with Gasteiger partial charge < -0.3 is 9.88 Å². The first-order chi connectivity index (χ1) is 10.3. The Morgan fingerprint density at radius 2 is 2.00 bits per heavy atom. The van der Waals surface area contributed by atoms with E-state index in [2.05, 4.69) is 10.3 Å². The fourth-order valence-corrected chi connectivity index (χ4v) is 2.92. The van der Waals surface area contributed by atoms with E-state index in [1.165, 1.54) is 6.26 Å². The first-order valence-corrected chi connectivity index (χ1v) is 8.93. The van der Waals surface area contributed by atoms with Gasteiger partial charge in [-0.3, -0.25) is 4.79 Å². The number of sulfone groups is 1. The normalized spacial score (nSPS) is 12.8. The average molecular weight is 321 g/mol. The first kappa shape index (κ1) is 16.2. The Bertz CT molecular complexity index is 722. The molecule has 0 aliphatic heterocycles. The lowest BCUT2D eigenvalue weighted by atomic mass is 10.1. The van der Waals surface area contributed by atoms with E-state index in [-0.39, 0.29) is 17.7 Å². The van der Waals surface area contributed by atoms with Crippen molar-refractivity contribution in [2.75, 3.05) is 6.26 Å². The van der Waals surface area contributed by atoms with Crippen molar-refractivity contribution in [2.45, 2.75) is 25.3 Å². The molecular weight excluding hydrogens is 302 g/mol. The molecule has 1 N–H and O–H groups in total. The zero-order valence-electron chi connectivity index (χ0n) is 12.6. The van der Waals surface area contributed by atoms with Gasteiger partial charge in [-0.15, -0.1) is 0 Å². The van der Waals surface area contributed by atoms with E-state index in [1.807, 2.05) is 17.7 Å². The number of aromatic nitrogens is 2. The van der Waals surface area contributed by atoms with E-state index >= 15 is 0 Å². The van der Waals surface area contributed by atoms with Crippen LogP contribution < -0.4 is 5.32 Å². The minimum Gasteiger partial charge on any atom is -0.348 e. The van der Waals surface area contributed by atoms with Crippen LogP contribution in [0.4, 0.5) is 0 Å². The van der Waals surface area contributed by atoms with E-state index in [9.17, 15) is 13.2 Å². The third-order valence-electron chi connectivity index (χ3n) is 3.07. The van der Waals surface area contributed by atoms with Crippen LogP contribution in [0.5, 0.6) is 0 Å². The molecule has 0 unspecified atom stereocenters. The largest absolute Gasteiger partial charge is 0.348 e. The average Bonchev–Trinajstić information content (AvgIpc) is 2.90. The molecule has 7 heteroatoms. The second-order valence-electron chi connectivity index (χ2n) is 5.40. The zero-order valence-corrected chi connectivity index (χ0v) is 13.4. The molecule has 2 aromatic rings. The lowest BCUT2D eigenvalue weighted by Gasteiger charge is -2.14. The van der Waals surface area contributed by atoms with Gasteiger partial charge in [-0.05, 0) is 24.6 Å². The summed E-state index contributed by atoms with van der Waals surface area (Å²) >= 11 is 0. The van der Waals surface area contributed by atoms with E-state index in [0.717, 1.165) is 0 Å². The minimum absolute atomic E-state index is 0.0219. The third-order valence-corrected chi connectivity index (χ3v) is 3.92. The van der Waals surface area contributed by atoms with E-state index in [0.29, 0.717) is 17.7 Å². The molecular formula is C15H19N3O3S. The van der Waals surface area contributed by atoms with Gasteiger partial charge in [-0.25, -0.2) is 13.4 Å². The summed E-state index contributed by atoms with van der Waals surface area (Å²) in [4.78, 5) is 16.1. The molecule has 1 aromatic carbocycles. The number of carbonyl (C=O) groups is 1. The van der Waals surface area contributed by atoms with E-state index in [4.69, 9.17) is 0 Å². The van der Waals surface area contributed by atoms with Crippen LogP contribution in [-0.4, -0.2) is 36.2 Å². The SMILES string of the molecule is C[C@H](Cn1ccnc1)NC(=O)c1ccc(CS(C)(=O)=O)cc1. The Kier molecular flexibility index (Phi) is 4.97. The molecule has 1 heterocycles. The number of carbonyl (C=O) groups excluding carboxylic acids is 1. The van der Waals surface area contributed by atoms with Crippen LogP contribution in [0.15, 0.2) is 43.0 Å². The van der Waals surface area contributed by atoms with Crippen molar-refractivity contribution in [3.05, 3.63) is 54.1 Å². The van der Waals surface area contributed by atoms with Crippen molar-refractivity contribution in [3.8, 4) is 0 Å². The molecule has 0 radical (unpaired) electrons. The van der Waals surface area contributed by atoms with Crippen molar-refractivity contribution in [1.29, 1.82) is 0 Å². The number of rotatable bonds is 6. The van der Waals surface area contributed by atoms with Gasteiger partial charge in [-0.1, -0.05) is 12.1 Å². The standard InChI is InChI=1S/C15H19N3O3S/c1-12(9-18-8-7-16-11-18)17-15(19)14-5-3-13(4-6-14)10-22(2,20)21/h3-8,11-12H,9-10H2,1-2H3,(H,17,19)/t12-/m1/s1. The van der Waals surface area contributed by atoms with Crippen molar-refractivity contribution in [1.82, 2.24) is 14.9 Å². The molecule has 0 bridgehead atoms. The summed E-state index contributed by atoms with van der Waals surface area (Å²) in [5.41, 5.74) is 1.18. The van der Waals surface area contributed by atoms with Gasteiger partial charge in [0.2, 0.25) is 0 Å². The smallest absolute Gasteiger partial charge is 0.251 e. The molecule has 1 atom stereocenters. The fraction of sp³-hybridized carbons (Fsp3) is 0.333. The van der Waals surface area contributed by atoms with Gasteiger partial charge in [0, 0.05) is 36.8 Å². The number of benzene rings is 1. The minimum atomic E-state index is -3.07. The summed E-state index contributed by atoms with van der Waals surface area (Å²) in [5.74, 6) is -0.204. The lowest BCUT2D eigenvalue weighted by Crippen LogP contribution is -2.35. The molecule has 1 amide bonds. The molecule has 22 heavy (non-hydrogen) atoms. The maximum Gasteiger partial charge on any atom is 0.251 e. The number of amides is 1. The maximum absolute atomic E-state index is 12.1. The molecule has 0 saturated heterocycles. The highest BCUT2D eigenvalue weighted by atomic mass is 32.2. The van der Waals surface area contributed by atoms with E-state index in [1.54, 1.807) is 36.8 Å². The first-order valence-electron chi connectivity index (χ1n) is 6.87. The van der Waals surface area contributed by atoms with Crippen LogP contribution in [0.1, 0.15) is 22.8 Å². The highest BCUT2D eigenvalue weighted by molar-refractivity contribution is 7.89. The summed E-state index contributed by atoms with van der Waals surface area (Å²) < 4.78 is 24.3. The molecule has 2 rings (SSSR count). The zero-order chi connectivity index (χ0) is 16.2. The summed E-state index contributed by atoms with van der Waals surface area (Å²) in [6, 6.07) is 6.56. The van der Waals surface area contributed by atoms with Crippen molar-refractivity contribution >= 4 is 15.7 Å². The predicted octanol–water partition coefficient (Wildman–Crippen LogP) is 1.25. The number of hydrogen-bond acceptors (Lipinski definition) is 4. The Hall–Kier alpha value is -2.15. The molecule has 118 valence electrons. The summed E-state index contributed by atoms with van der Waals surface area (Å²) in [7, 11) is -3.07. The van der Waals surface area contributed by atoms with Crippen LogP contribution in [0.25, 0.3) is 0 Å². The molecule has 0 aliphatic carbocycles. The van der Waals surface area contributed by atoms with Crippen LogP contribution in [-0.2, 0) is 22.1 Å². The molecule has 0 spiro atoms. The van der Waals surface area contributed by atoms with Crippen molar-refractivity contribution in [3.63, 3.8) is 0 Å². The third kappa shape index (κ3) is 5.00. The van der Waals surface area contributed by atoms with Gasteiger partial charge in [0.05, 0.1) is 12.1 Å².